The molecule has 1 fully saturated rings. The molecule has 7 heteroatoms. The Labute approximate surface area is 169 Å². The minimum absolute atomic E-state index is 0.196. The predicted molar refractivity (Wildman–Crippen MR) is 112 cm³/mol. The largest absolute Gasteiger partial charge is 0.473 e. The van der Waals surface area contributed by atoms with Crippen LogP contribution in [0.5, 0.6) is 5.88 Å². The van der Waals surface area contributed by atoms with Crippen LogP contribution < -0.4 is 20.8 Å². The molecule has 0 atom stereocenters. The van der Waals surface area contributed by atoms with Gasteiger partial charge in [0.05, 0.1) is 5.69 Å². The van der Waals surface area contributed by atoms with E-state index in [9.17, 15) is 4.79 Å². The van der Waals surface area contributed by atoms with Crippen molar-refractivity contribution in [2.75, 3.05) is 12.1 Å². The lowest BCUT2D eigenvalue weighted by Gasteiger charge is -2.20. The first kappa shape index (κ1) is 18.9. The van der Waals surface area contributed by atoms with E-state index in [0.717, 1.165) is 33.5 Å². The Morgan fingerprint density at radius 2 is 1.76 bits per heavy atom. The van der Waals surface area contributed by atoms with Gasteiger partial charge in [0.1, 0.15) is 6.61 Å². The van der Waals surface area contributed by atoms with Gasteiger partial charge in [-0.25, -0.2) is 19.8 Å². The molecule has 3 aromatic rings. The third-order valence-corrected chi connectivity index (χ3v) is 4.92. The summed E-state index contributed by atoms with van der Waals surface area (Å²) in [6, 6.07) is 17.8. The number of hydrogen-bond acceptors (Lipinski definition) is 5. The van der Waals surface area contributed by atoms with E-state index in [1.54, 1.807) is 7.05 Å². The zero-order valence-corrected chi connectivity index (χ0v) is 16.6. The third kappa shape index (κ3) is 3.78. The molecule has 7 nitrogen and oxygen atoms in total. The van der Waals surface area contributed by atoms with Gasteiger partial charge < -0.3 is 4.74 Å². The Morgan fingerprint density at radius 1 is 0.966 bits per heavy atom. The highest BCUT2D eigenvalue weighted by Gasteiger charge is 2.28. The van der Waals surface area contributed by atoms with Gasteiger partial charge in [0, 0.05) is 29.9 Å². The Bertz CT molecular complexity index is 1040. The van der Waals surface area contributed by atoms with E-state index in [1.165, 1.54) is 10.0 Å². The summed E-state index contributed by atoms with van der Waals surface area (Å²) < 4.78 is 6.05. The number of urea groups is 1. The average molecular weight is 389 g/mol. The minimum Gasteiger partial charge on any atom is -0.473 e. The fourth-order valence-electron chi connectivity index (χ4n) is 3.26. The standard InChI is InChI=1S/C22H23N5O2/c1-15-8-7-11-20(27-22(28)26(3)24-25-27)19(15)14-29-21-16(2)12-18(13-23-21)17-9-5-4-6-10-17/h4-13,24-25H,14H2,1-3H3. The number of anilines is 1. The van der Waals surface area contributed by atoms with E-state index in [1.807, 2.05) is 56.4 Å². The highest BCUT2D eigenvalue weighted by atomic mass is 16.5. The molecule has 1 aliphatic rings. The maximum Gasteiger partial charge on any atom is 0.355 e. The number of amides is 2. The second kappa shape index (κ2) is 7.90. The van der Waals surface area contributed by atoms with Gasteiger partial charge in [-0.15, -0.1) is 11.1 Å². The first-order valence-corrected chi connectivity index (χ1v) is 9.37. The fourth-order valence-corrected chi connectivity index (χ4v) is 3.26. The number of hydrogen-bond donors (Lipinski definition) is 2. The molecular weight excluding hydrogens is 366 g/mol. The van der Waals surface area contributed by atoms with Crippen molar-refractivity contribution in [1.29, 1.82) is 0 Å². The minimum atomic E-state index is -0.196. The Balaban J connectivity index is 1.56. The Morgan fingerprint density at radius 3 is 2.45 bits per heavy atom. The van der Waals surface area contributed by atoms with Crippen LogP contribution in [0.1, 0.15) is 16.7 Å². The van der Waals surface area contributed by atoms with Crippen LogP contribution in [0.15, 0.2) is 60.8 Å². The molecule has 0 saturated carbocycles. The highest BCUT2D eigenvalue weighted by molar-refractivity contribution is 5.92. The molecule has 148 valence electrons. The lowest BCUT2D eigenvalue weighted by atomic mass is 10.1. The van der Waals surface area contributed by atoms with E-state index in [0.29, 0.717) is 12.5 Å². The summed E-state index contributed by atoms with van der Waals surface area (Å²) in [5.41, 5.74) is 11.5. The van der Waals surface area contributed by atoms with Crippen LogP contribution in [-0.2, 0) is 6.61 Å². The average Bonchev–Trinajstić information content (AvgIpc) is 3.07. The molecule has 1 aromatic heterocycles. The lowest BCUT2D eigenvalue weighted by Crippen LogP contribution is -2.38. The molecule has 0 unspecified atom stereocenters. The van der Waals surface area contributed by atoms with Gasteiger partial charge in [-0.2, -0.15) is 0 Å². The van der Waals surface area contributed by atoms with Crippen molar-refractivity contribution in [2.45, 2.75) is 20.5 Å². The van der Waals surface area contributed by atoms with Crippen molar-refractivity contribution >= 4 is 11.7 Å². The smallest absolute Gasteiger partial charge is 0.355 e. The number of nitrogens with one attached hydrogen (secondary N) is 2. The number of rotatable bonds is 5. The normalized spacial score (nSPS) is 13.8. The molecule has 2 N–H and O–H groups in total. The zero-order chi connectivity index (χ0) is 20.4. The molecule has 4 rings (SSSR count). The van der Waals surface area contributed by atoms with Gasteiger partial charge in [-0.1, -0.05) is 42.5 Å². The molecule has 0 bridgehead atoms. The van der Waals surface area contributed by atoms with Crippen LogP contribution in [0.25, 0.3) is 11.1 Å². The number of carbonyl (C=O) groups excluding carboxylic acids is 1. The molecular formula is C22H23N5O2. The maximum atomic E-state index is 12.3. The van der Waals surface area contributed by atoms with E-state index < -0.39 is 0 Å². The van der Waals surface area contributed by atoms with Crippen molar-refractivity contribution in [3.63, 3.8) is 0 Å². The molecule has 1 aliphatic heterocycles. The summed E-state index contributed by atoms with van der Waals surface area (Å²) in [7, 11) is 1.66. The number of aryl methyl sites for hydroxylation is 2. The van der Waals surface area contributed by atoms with Crippen molar-refractivity contribution < 1.29 is 9.53 Å². The zero-order valence-electron chi connectivity index (χ0n) is 16.6. The summed E-state index contributed by atoms with van der Waals surface area (Å²) >= 11 is 0. The summed E-state index contributed by atoms with van der Waals surface area (Å²) in [6.45, 7) is 4.28. The monoisotopic (exact) mass is 389 g/mol. The second-order valence-electron chi connectivity index (χ2n) is 6.97. The highest BCUT2D eigenvalue weighted by Crippen LogP contribution is 2.28. The number of nitrogens with zero attached hydrogens (tertiary/aromatic N) is 3. The second-order valence-corrected chi connectivity index (χ2v) is 6.97. The van der Waals surface area contributed by atoms with Gasteiger partial charge in [0.2, 0.25) is 5.88 Å². The molecule has 2 heterocycles. The molecule has 0 aliphatic carbocycles. The van der Waals surface area contributed by atoms with Crippen LogP contribution in [0.4, 0.5) is 10.5 Å². The fraction of sp³-hybridized carbons (Fsp3) is 0.182. The number of ether oxygens (including phenoxy) is 1. The van der Waals surface area contributed by atoms with Crippen LogP contribution in [-0.4, -0.2) is 23.1 Å². The maximum absolute atomic E-state index is 12.3. The van der Waals surface area contributed by atoms with Gasteiger partial charge in [0.15, 0.2) is 0 Å². The number of hydrazine groups is 3. The molecule has 1 saturated heterocycles. The molecule has 2 aromatic carbocycles. The van der Waals surface area contributed by atoms with Crippen LogP contribution in [0, 0.1) is 13.8 Å². The van der Waals surface area contributed by atoms with Crippen LogP contribution >= 0.6 is 0 Å². The molecule has 29 heavy (non-hydrogen) atoms. The van der Waals surface area contributed by atoms with Crippen molar-refractivity contribution in [3.05, 3.63) is 77.5 Å². The van der Waals surface area contributed by atoms with Crippen molar-refractivity contribution in [3.8, 4) is 17.0 Å². The summed E-state index contributed by atoms with van der Waals surface area (Å²) in [4.78, 5) is 16.9. The van der Waals surface area contributed by atoms with E-state index in [2.05, 4.69) is 34.3 Å². The van der Waals surface area contributed by atoms with Gasteiger partial charge in [-0.05, 0) is 37.1 Å². The SMILES string of the molecule is Cc1cc(-c2ccccc2)cnc1OCc1c(C)cccc1N1NNN(C)C1=O. The molecule has 0 spiro atoms. The van der Waals surface area contributed by atoms with E-state index >= 15 is 0 Å². The Hall–Kier alpha value is -3.42. The van der Waals surface area contributed by atoms with Crippen molar-refractivity contribution in [1.82, 2.24) is 21.1 Å². The van der Waals surface area contributed by atoms with Gasteiger partial charge >= 0.3 is 6.03 Å². The van der Waals surface area contributed by atoms with Crippen LogP contribution in [0.2, 0.25) is 0 Å². The first-order chi connectivity index (χ1) is 14.0. The van der Waals surface area contributed by atoms with Gasteiger partial charge in [-0.3, -0.25) is 0 Å². The summed E-state index contributed by atoms with van der Waals surface area (Å²) in [5.74, 6) is 0.579. The topological polar surface area (TPSA) is 69.7 Å². The third-order valence-electron chi connectivity index (χ3n) is 4.92. The Kier molecular flexibility index (Phi) is 5.16. The van der Waals surface area contributed by atoms with E-state index in [-0.39, 0.29) is 6.03 Å². The van der Waals surface area contributed by atoms with Crippen molar-refractivity contribution in [2.24, 2.45) is 0 Å². The number of aromatic nitrogens is 1. The lowest BCUT2D eigenvalue weighted by molar-refractivity contribution is 0.214. The summed E-state index contributed by atoms with van der Waals surface area (Å²) in [6.07, 6.45) is 1.82. The number of carbonyl (C=O) groups is 1. The van der Waals surface area contributed by atoms with Crippen LogP contribution in [0.3, 0.4) is 0 Å². The number of benzene rings is 2. The van der Waals surface area contributed by atoms with E-state index in [4.69, 9.17) is 4.74 Å². The van der Waals surface area contributed by atoms with Gasteiger partial charge in [0.25, 0.3) is 0 Å². The predicted octanol–water partition coefficient (Wildman–Crippen LogP) is 3.74. The molecule has 2 amide bonds. The quantitative estimate of drug-likeness (QED) is 0.696. The molecule has 0 radical (unpaired) electrons. The first-order valence-electron chi connectivity index (χ1n) is 9.37. The number of pyridine rings is 1. The summed E-state index contributed by atoms with van der Waals surface area (Å²) in [5, 5.41) is 2.84.